The first-order valence-corrected chi connectivity index (χ1v) is 11.5. The topological polar surface area (TPSA) is 83.1 Å². The van der Waals surface area contributed by atoms with Crippen LogP contribution in [0.4, 0.5) is 4.79 Å². The number of nitrogens with one attached hydrogen (secondary N) is 1. The zero-order valence-corrected chi connectivity index (χ0v) is 19.3. The fourth-order valence-electron chi connectivity index (χ4n) is 3.57. The minimum absolute atomic E-state index is 0.136. The summed E-state index contributed by atoms with van der Waals surface area (Å²) in [5.41, 5.74) is -0.686. The van der Waals surface area contributed by atoms with Crippen LogP contribution in [0, 0.1) is 5.92 Å². The molecule has 7 heteroatoms. The van der Waals surface area contributed by atoms with Gasteiger partial charge in [0.15, 0.2) is 0 Å². The van der Waals surface area contributed by atoms with E-state index >= 15 is 0 Å². The molecule has 0 aliphatic heterocycles. The Morgan fingerprint density at radius 1 is 1.10 bits per heavy atom. The molecule has 0 aromatic rings. The number of hydrogen-bond acceptors (Lipinski definition) is 6. The van der Waals surface area contributed by atoms with Crippen LogP contribution in [0.15, 0.2) is 24.0 Å². The van der Waals surface area contributed by atoms with Crippen molar-refractivity contribution < 1.29 is 28.5 Å². The summed E-state index contributed by atoms with van der Waals surface area (Å²) in [6.45, 7) is 8.16. The van der Waals surface area contributed by atoms with Gasteiger partial charge in [-0.3, -0.25) is 0 Å². The number of unbranched alkanes of at least 4 members (excludes halogenated alkanes) is 3. The number of aldehydes is 1. The lowest BCUT2D eigenvalue weighted by Gasteiger charge is -2.29. The third kappa shape index (κ3) is 10.3. The van der Waals surface area contributed by atoms with Gasteiger partial charge in [-0.25, -0.2) is 4.79 Å². The summed E-state index contributed by atoms with van der Waals surface area (Å²) in [7, 11) is 0. The highest BCUT2D eigenvalue weighted by Crippen LogP contribution is 2.46. The maximum atomic E-state index is 12.2. The van der Waals surface area contributed by atoms with Crippen LogP contribution in [0.25, 0.3) is 0 Å². The molecular weight excluding hydrogens is 398 g/mol. The molecular formula is C24H39NO6. The molecule has 0 saturated heterocycles. The van der Waals surface area contributed by atoms with Crippen LogP contribution < -0.4 is 5.32 Å². The molecule has 2 aliphatic rings. The number of amides is 1. The van der Waals surface area contributed by atoms with E-state index in [-0.39, 0.29) is 24.2 Å². The van der Waals surface area contributed by atoms with Crippen molar-refractivity contribution in [1.82, 2.24) is 5.32 Å². The average molecular weight is 438 g/mol. The Hall–Kier alpha value is -1.86. The summed E-state index contributed by atoms with van der Waals surface area (Å²) >= 11 is 0. The Morgan fingerprint density at radius 3 is 2.48 bits per heavy atom. The lowest BCUT2D eigenvalue weighted by Crippen LogP contribution is -2.44. The van der Waals surface area contributed by atoms with Crippen LogP contribution in [-0.2, 0) is 23.7 Å². The molecule has 0 aromatic heterocycles. The van der Waals surface area contributed by atoms with Crippen molar-refractivity contribution >= 4 is 12.4 Å². The number of allylic oxidation sites excluding steroid dienone is 2. The molecule has 1 saturated carbocycles. The van der Waals surface area contributed by atoms with Gasteiger partial charge >= 0.3 is 6.09 Å². The second-order valence-electron chi connectivity index (χ2n) is 9.21. The summed E-state index contributed by atoms with van der Waals surface area (Å²) in [4.78, 5) is 22.3. The van der Waals surface area contributed by atoms with E-state index in [0.29, 0.717) is 26.4 Å². The molecule has 0 radical (unpaired) electrons. The van der Waals surface area contributed by atoms with Crippen molar-refractivity contribution in [1.29, 1.82) is 0 Å². The predicted octanol–water partition coefficient (Wildman–Crippen LogP) is 4.31. The lowest BCUT2D eigenvalue weighted by molar-refractivity contribution is -0.112. The van der Waals surface area contributed by atoms with E-state index in [1.165, 1.54) is 0 Å². The monoisotopic (exact) mass is 437 g/mol. The van der Waals surface area contributed by atoms with Gasteiger partial charge in [0, 0.05) is 12.5 Å². The fourth-order valence-corrected chi connectivity index (χ4v) is 3.57. The van der Waals surface area contributed by atoms with Crippen molar-refractivity contribution in [2.75, 3.05) is 33.0 Å². The van der Waals surface area contributed by atoms with Crippen molar-refractivity contribution in [3.8, 4) is 0 Å². The van der Waals surface area contributed by atoms with Crippen molar-refractivity contribution in [2.45, 2.75) is 76.9 Å². The Bertz CT molecular complexity index is 618. The highest BCUT2D eigenvalue weighted by atomic mass is 16.6. The quantitative estimate of drug-likeness (QED) is 0.304. The molecule has 7 nitrogen and oxygen atoms in total. The highest BCUT2D eigenvalue weighted by molar-refractivity contribution is 5.69. The zero-order valence-electron chi connectivity index (χ0n) is 19.3. The lowest BCUT2D eigenvalue weighted by atomic mass is 9.90. The van der Waals surface area contributed by atoms with Gasteiger partial charge in [0.25, 0.3) is 0 Å². The minimum atomic E-state index is -0.492. The molecule has 0 aromatic carbocycles. The summed E-state index contributed by atoms with van der Waals surface area (Å²) in [5.74, 6) is 1.14. The highest BCUT2D eigenvalue weighted by Gasteiger charge is 2.50. The number of alkyl carbamates (subject to hydrolysis) is 1. The van der Waals surface area contributed by atoms with Crippen molar-refractivity contribution in [3.63, 3.8) is 0 Å². The maximum absolute atomic E-state index is 12.2. The molecule has 1 N–H and O–H groups in total. The standard InChI is InChI=1S/C24H39NO6/c1-23(2,3)31-22(27)25-24(11-12-24)20-9-8-10-21(19-20)30-15-7-5-4-6-14-28-17-18-29-16-13-26/h8,10,13,19-20H,4-7,9,11-12,14-18H2,1-3H3,(H,25,27). The summed E-state index contributed by atoms with van der Waals surface area (Å²) in [6, 6.07) is 0. The van der Waals surface area contributed by atoms with Crippen LogP contribution in [0.1, 0.15) is 65.7 Å². The normalized spacial score (nSPS) is 19.5. The zero-order chi connectivity index (χ0) is 22.6. The summed E-state index contributed by atoms with van der Waals surface area (Å²) in [6.07, 6.45) is 13.8. The van der Waals surface area contributed by atoms with Gasteiger partial charge in [-0.15, -0.1) is 0 Å². The molecule has 1 unspecified atom stereocenters. The Labute approximate surface area is 186 Å². The van der Waals surface area contributed by atoms with E-state index in [1.807, 2.05) is 26.8 Å². The van der Waals surface area contributed by atoms with Crippen molar-refractivity contribution in [3.05, 3.63) is 24.0 Å². The second kappa shape index (κ2) is 12.9. The van der Waals surface area contributed by atoms with E-state index in [1.54, 1.807) is 0 Å². The third-order valence-corrected chi connectivity index (χ3v) is 5.30. The van der Waals surface area contributed by atoms with E-state index < -0.39 is 5.60 Å². The van der Waals surface area contributed by atoms with Gasteiger partial charge in [-0.2, -0.15) is 0 Å². The largest absolute Gasteiger partial charge is 0.494 e. The Morgan fingerprint density at radius 2 is 1.81 bits per heavy atom. The summed E-state index contributed by atoms with van der Waals surface area (Å²) in [5, 5.41) is 3.10. The SMILES string of the molecule is CC(C)(C)OC(=O)NC1(C2C=C(OCCCCCCOCCOCC=O)C=CC2)CC1. The molecule has 31 heavy (non-hydrogen) atoms. The molecule has 176 valence electrons. The van der Waals surface area contributed by atoms with E-state index in [2.05, 4.69) is 17.5 Å². The first kappa shape index (κ1) is 25.4. The number of ether oxygens (including phenoxy) is 4. The van der Waals surface area contributed by atoms with Gasteiger partial charge < -0.3 is 29.1 Å². The third-order valence-electron chi connectivity index (χ3n) is 5.30. The van der Waals surface area contributed by atoms with Crippen molar-refractivity contribution in [2.24, 2.45) is 5.92 Å². The molecule has 2 rings (SSSR count). The van der Waals surface area contributed by atoms with Gasteiger partial charge in [-0.05, 0) is 71.4 Å². The van der Waals surface area contributed by atoms with Crippen LogP contribution in [-0.4, -0.2) is 56.6 Å². The number of carbonyl (C=O) groups is 2. The van der Waals surface area contributed by atoms with E-state index in [4.69, 9.17) is 18.9 Å². The van der Waals surface area contributed by atoms with Gasteiger partial charge in [0.1, 0.15) is 24.3 Å². The molecule has 1 amide bonds. The van der Waals surface area contributed by atoms with Gasteiger partial charge in [0.2, 0.25) is 0 Å². The smallest absolute Gasteiger partial charge is 0.408 e. The molecule has 0 heterocycles. The minimum Gasteiger partial charge on any atom is -0.494 e. The van der Waals surface area contributed by atoms with Crippen LogP contribution in [0.2, 0.25) is 0 Å². The first-order valence-electron chi connectivity index (χ1n) is 11.5. The predicted molar refractivity (Wildman–Crippen MR) is 119 cm³/mol. The Balaban J connectivity index is 1.58. The maximum Gasteiger partial charge on any atom is 0.408 e. The summed E-state index contributed by atoms with van der Waals surface area (Å²) < 4.78 is 21.9. The van der Waals surface area contributed by atoms with E-state index in [0.717, 1.165) is 57.0 Å². The van der Waals surface area contributed by atoms with Crippen LogP contribution >= 0.6 is 0 Å². The molecule has 2 aliphatic carbocycles. The van der Waals surface area contributed by atoms with Gasteiger partial charge in [0.05, 0.1) is 25.4 Å². The molecule has 0 bridgehead atoms. The van der Waals surface area contributed by atoms with Crippen LogP contribution in [0.5, 0.6) is 0 Å². The van der Waals surface area contributed by atoms with Gasteiger partial charge in [-0.1, -0.05) is 12.5 Å². The molecule has 1 atom stereocenters. The first-order chi connectivity index (χ1) is 14.8. The number of rotatable bonds is 15. The van der Waals surface area contributed by atoms with E-state index in [9.17, 15) is 9.59 Å². The fraction of sp³-hybridized carbons (Fsp3) is 0.750. The average Bonchev–Trinajstić information content (AvgIpc) is 3.48. The number of hydrogen-bond donors (Lipinski definition) is 1. The molecule has 0 spiro atoms. The van der Waals surface area contributed by atoms with Crippen LogP contribution in [0.3, 0.4) is 0 Å². The Kier molecular flexibility index (Phi) is 10.5. The molecule has 1 fully saturated rings. The second-order valence-corrected chi connectivity index (χ2v) is 9.21. The number of carbonyl (C=O) groups excluding carboxylic acids is 2.